The van der Waals surface area contributed by atoms with E-state index in [1.165, 1.54) is 11.1 Å². The van der Waals surface area contributed by atoms with E-state index in [1.54, 1.807) is 11.7 Å². The minimum atomic E-state index is -0.117. The molecule has 1 aliphatic heterocycles. The molecule has 3 rings (SSSR count). The van der Waals surface area contributed by atoms with Crippen molar-refractivity contribution in [1.82, 2.24) is 15.1 Å². The number of nitrogens with zero attached hydrogens (tertiary/aromatic N) is 2. The molecule has 2 heterocycles. The summed E-state index contributed by atoms with van der Waals surface area (Å²) in [5.74, 6) is -0.117. The van der Waals surface area contributed by atoms with Crippen LogP contribution in [0.3, 0.4) is 0 Å². The van der Waals surface area contributed by atoms with Crippen molar-refractivity contribution >= 4 is 11.6 Å². The first-order valence-corrected chi connectivity index (χ1v) is 7.34. The van der Waals surface area contributed by atoms with E-state index in [4.69, 9.17) is 0 Å². The van der Waals surface area contributed by atoms with Gasteiger partial charge in [-0.3, -0.25) is 9.48 Å². The van der Waals surface area contributed by atoms with Crippen molar-refractivity contribution < 1.29 is 4.79 Å². The van der Waals surface area contributed by atoms with Gasteiger partial charge in [-0.05, 0) is 48.7 Å². The van der Waals surface area contributed by atoms with E-state index >= 15 is 0 Å². The van der Waals surface area contributed by atoms with E-state index in [0.717, 1.165) is 37.3 Å². The van der Waals surface area contributed by atoms with Crippen LogP contribution in [0.25, 0.3) is 0 Å². The Balaban J connectivity index is 1.79. The summed E-state index contributed by atoms with van der Waals surface area (Å²) in [4.78, 5) is 12.3. The Morgan fingerprint density at radius 1 is 1.38 bits per heavy atom. The van der Waals surface area contributed by atoms with Crippen molar-refractivity contribution in [2.45, 2.75) is 26.3 Å². The van der Waals surface area contributed by atoms with Crippen molar-refractivity contribution in [1.29, 1.82) is 0 Å². The molecule has 21 heavy (non-hydrogen) atoms. The number of hydrogen-bond donors (Lipinski definition) is 2. The first-order valence-electron chi connectivity index (χ1n) is 7.34. The lowest BCUT2D eigenvalue weighted by Gasteiger charge is -2.18. The fourth-order valence-corrected chi connectivity index (χ4v) is 2.67. The highest BCUT2D eigenvalue weighted by Crippen LogP contribution is 2.19. The van der Waals surface area contributed by atoms with Crippen molar-refractivity contribution in [2.75, 3.05) is 11.9 Å². The van der Waals surface area contributed by atoms with Crippen molar-refractivity contribution in [3.05, 3.63) is 46.8 Å². The number of aryl methyl sites for hydroxylation is 2. The zero-order valence-electron chi connectivity index (χ0n) is 12.4. The highest BCUT2D eigenvalue weighted by molar-refractivity contribution is 6.03. The number of amides is 1. The summed E-state index contributed by atoms with van der Waals surface area (Å²) < 4.78 is 1.63. The van der Waals surface area contributed by atoms with Crippen LogP contribution in [0, 0.1) is 0 Å². The molecule has 0 radical (unpaired) electrons. The largest absolute Gasteiger partial charge is 0.321 e. The number of hydrogen-bond acceptors (Lipinski definition) is 3. The van der Waals surface area contributed by atoms with Gasteiger partial charge in [0.15, 0.2) is 0 Å². The maximum atomic E-state index is 12.3. The van der Waals surface area contributed by atoms with Crippen LogP contribution in [0.1, 0.15) is 34.2 Å². The molecule has 0 spiro atoms. The molecule has 1 aliphatic rings. The van der Waals surface area contributed by atoms with E-state index in [9.17, 15) is 4.79 Å². The molecule has 2 aromatic rings. The van der Waals surface area contributed by atoms with Gasteiger partial charge in [-0.15, -0.1) is 0 Å². The number of aromatic nitrogens is 2. The highest BCUT2D eigenvalue weighted by Gasteiger charge is 2.14. The third-order valence-corrected chi connectivity index (χ3v) is 3.88. The summed E-state index contributed by atoms with van der Waals surface area (Å²) in [7, 11) is 1.80. The van der Waals surface area contributed by atoms with Crippen LogP contribution >= 0.6 is 0 Å². The molecule has 0 fully saturated rings. The molecule has 1 amide bonds. The average molecular weight is 284 g/mol. The predicted molar refractivity (Wildman–Crippen MR) is 82.4 cm³/mol. The topological polar surface area (TPSA) is 59.0 Å². The van der Waals surface area contributed by atoms with Gasteiger partial charge in [0.05, 0.1) is 5.69 Å². The number of anilines is 1. The molecule has 0 saturated carbocycles. The Morgan fingerprint density at radius 2 is 2.24 bits per heavy atom. The zero-order chi connectivity index (χ0) is 14.8. The lowest BCUT2D eigenvalue weighted by Crippen LogP contribution is -2.24. The van der Waals surface area contributed by atoms with Gasteiger partial charge in [0.2, 0.25) is 0 Å². The molecule has 0 unspecified atom stereocenters. The number of carbonyl (C=O) groups is 1. The van der Waals surface area contributed by atoms with E-state index in [-0.39, 0.29) is 5.91 Å². The fourth-order valence-electron chi connectivity index (χ4n) is 2.67. The summed E-state index contributed by atoms with van der Waals surface area (Å²) in [6.07, 6.45) is 1.87. The van der Waals surface area contributed by atoms with Gasteiger partial charge < -0.3 is 10.6 Å². The summed E-state index contributed by atoms with van der Waals surface area (Å²) >= 11 is 0. The van der Waals surface area contributed by atoms with Crippen LogP contribution in [-0.4, -0.2) is 22.2 Å². The molecule has 1 aromatic heterocycles. The second-order valence-electron chi connectivity index (χ2n) is 5.36. The molecule has 1 aromatic carbocycles. The Labute approximate surface area is 124 Å². The van der Waals surface area contributed by atoms with Crippen LogP contribution < -0.4 is 10.6 Å². The van der Waals surface area contributed by atoms with Crippen LogP contribution in [0.15, 0.2) is 24.3 Å². The highest BCUT2D eigenvalue weighted by atomic mass is 16.2. The fraction of sp³-hybridized carbons (Fsp3) is 0.375. The van der Waals surface area contributed by atoms with Gasteiger partial charge in [-0.25, -0.2) is 0 Å². The summed E-state index contributed by atoms with van der Waals surface area (Å²) in [6, 6.07) is 7.97. The Kier molecular flexibility index (Phi) is 3.75. The lowest BCUT2D eigenvalue weighted by molar-refractivity contribution is 0.101. The first-order chi connectivity index (χ1) is 10.2. The first kappa shape index (κ1) is 13.8. The van der Waals surface area contributed by atoms with Crippen molar-refractivity contribution in [3.63, 3.8) is 0 Å². The van der Waals surface area contributed by atoms with E-state index < -0.39 is 0 Å². The number of carbonyl (C=O) groups excluding carboxylic acids is 1. The second kappa shape index (κ2) is 5.69. The quantitative estimate of drug-likeness (QED) is 0.905. The minimum absolute atomic E-state index is 0.117. The predicted octanol–water partition coefficient (Wildman–Crippen LogP) is 1.88. The lowest BCUT2D eigenvalue weighted by atomic mass is 10.0. The molecular weight excluding hydrogens is 264 g/mol. The summed E-state index contributed by atoms with van der Waals surface area (Å²) in [5, 5.41) is 10.6. The number of nitrogens with one attached hydrogen (secondary N) is 2. The van der Waals surface area contributed by atoms with Gasteiger partial charge in [0.1, 0.15) is 5.69 Å². The molecule has 5 heteroatoms. The second-order valence-corrected chi connectivity index (χ2v) is 5.36. The van der Waals surface area contributed by atoms with Gasteiger partial charge in [0, 0.05) is 19.3 Å². The van der Waals surface area contributed by atoms with E-state index in [0.29, 0.717) is 5.69 Å². The monoisotopic (exact) mass is 284 g/mol. The molecule has 110 valence electrons. The third-order valence-electron chi connectivity index (χ3n) is 3.88. The number of benzene rings is 1. The van der Waals surface area contributed by atoms with Gasteiger partial charge in [-0.1, -0.05) is 13.0 Å². The van der Waals surface area contributed by atoms with Crippen LogP contribution in [0.2, 0.25) is 0 Å². The molecular formula is C16H20N4O. The number of rotatable bonds is 3. The van der Waals surface area contributed by atoms with Crippen LogP contribution in [-0.2, 0) is 26.4 Å². The van der Waals surface area contributed by atoms with Crippen LogP contribution in [0.4, 0.5) is 5.69 Å². The SMILES string of the molecule is CCc1cc(C(=O)Nc2ccc3c(c2)CNCC3)n(C)n1. The normalized spacial score (nSPS) is 13.8. The average Bonchev–Trinajstić information content (AvgIpc) is 2.88. The van der Waals surface area contributed by atoms with Crippen LogP contribution in [0.5, 0.6) is 0 Å². The Bertz CT molecular complexity index is 675. The third kappa shape index (κ3) is 2.83. The molecule has 0 atom stereocenters. The molecule has 0 saturated heterocycles. The smallest absolute Gasteiger partial charge is 0.273 e. The Hall–Kier alpha value is -2.14. The molecule has 2 N–H and O–H groups in total. The summed E-state index contributed by atoms with van der Waals surface area (Å²) in [6.45, 7) is 3.92. The Morgan fingerprint density at radius 3 is 3.00 bits per heavy atom. The molecule has 5 nitrogen and oxygen atoms in total. The maximum absolute atomic E-state index is 12.3. The molecule has 0 bridgehead atoms. The van der Waals surface area contributed by atoms with E-state index in [2.05, 4.69) is 27.9 Å². The standard InChI is InChI=1S/C16H20N4O/c1-3-13-9-15(20(2)19-13)16(21)18-14-5-4-11-6-7-17-10-12(11)8-14/h4-5,8-9,17H,3,6-7,10H2,1-2H3,(H,18,21). The van der Waals surface area contributed by atoms with Gasteiger partial charge in [-0.2, -0.15) is 5.10 Å². The number of fused-ring (bicyclic) bond motifs is 1. The summed E-state index contributed by atoms with van der Waals surface area (Å²) in [5.41, 5.74) is 4.97. The van der Waals surface area contributed by atoms with Crippen molar-refractivity contribution in [2.24, 2.45) is 7.05 Å². The van der Waals surface area contributed by atoms with Gasteiger partial charge in [0.25, 0.3) is 5.91 Å². The maximum Gasteiger partial charge on any atom is 0.273 e. The van der Waals surface area contributed by atoms with Crippen molar-refractivity contribution in [3.8, 4) is 0 Å². The van der Waals surface area contributed by atoms with Gasteiger partial charge >= 0.3 is 0 Å². The minimum Gasteiger partial charge on any atom is -0.321 e. The zero-order valence-corrected chi connectivity index (χ0v) is 12.4. The van der Waals surface area contributed by atoms with E-state index in [1.807, 2.05) is 19.1 Å². The molecule has 0 aliphatic carbocycles.